The van der Waals surface area contributed by atoms with Crippen molar-refractivity contribution in [3.05, 3.63) is 48.3 Å². The summed E-state index contributed by atoms with van der Waals surface area (Å²) >= 11 is 0. The molecule has 1 saturated carbocycles. The number of aromatic nitrogens is 2. The molecule has 1 aromatic carbocycles. The highest BCUT2D eigenvalue weighted by atomic mass is 16.1. The summed E-state index contributed by atoms with van der Waals surface area (Å²) in [5.74, 6) is -0.352. The first-order valence-corrected chi connectivity index (χ1v) is 7.39. The maximum atomic E-state index is 11.8. The second-order valence-electron chi connectivity index (χ2n) is 5.54. The number of rotatable bonds is 5. The van der Waals surface area contributed by atoms with Crippen LogP contribution in [0.15, 0.2) is 42.7 Å². The molecule has 1 unspecified atom stereocenters. The summed E-state index contributed by atoms with van der Waals surface area (Å²) in [7, 11) is 0. The highest BCUT2D eigenvalue weighted by Gasteiger charge is 2.25. The smallest absolute Gasteiger partial charge is 0.239 e. The first-order valence-electron chi connectivity index (χ1n) is 7.39. The molecular formula is C16H20N4O. The molecule has 3 rings (SSSR count). The molecule has 5 nitrogen and oxygen atoms in total. The van der Waals surface area contributed by atoms with Gasteiger partial charge in [-0.15, -0.1) is 0 Å². The summed E-state index contributed by atoms with van der Waals surface area (Å²) in [4.78, 5) is 11.8. The Labute approximate surface area is 124 Å². The molecule has 2 aromatic rings. The molecule has 1 amide bonds. The quantitative estimate of drug-likeness (QED) is 0.881. The molecule has 0 spiro atoms. The van der Waals surface area contributed by atoms with E-state index in [0.29, 0.717) is 6.04 Å². The van der Waals surface area contributed by atoms with Gasteiger partial charge >= 0.3 is 0 Å². The zero-order chi connectivity index (χ0) is 14.7. The van der Waals surface area contributed by atoms with Crippen LogP contribution >= 0.6 is 0 Å². The number of para-hydroxylation sites is 1. The summed E-state index contributed by atoms with van der Waals surface area (Å²) < 4.78 is 1.77. The van der Waals surface area contributed by atoms with Gasteiger partial charge in [0.25, 0.3) is 0 Å². The number of carbonyl (C=O) groups excluding carboxylic acids is 1. The molecule has 5 heteroatoms. The number of carbonyl (C=O) groups is 1. The second kappa shape index (κ2) is 6.10. The Balaban J connectivity index is 1.80. The molecule has 0 saturated heterocycles. The van der Waals surface area contributed by atoms with Crippen molar-refractivity contribution in [2.45, 2.75) is 37.8 Å². The SMILES string of the molecule is NC(=O)C(NC1CCCC1)c1cnn(-c2ccccc2)c1. The molecule has 0 radical (unpaired) electrons. The number of nitrogens with zero attached hydrogens (tertiary/aromatic N) is 2. The fourth-order valence-electron chi connectivity index (χ4n) is 2.88. The van der Waals surface area contributed by atoms with Gasteiger partial charge in [0, 0.05) is 17.8 Å². The highest BCUT2D eigenvalue weighted by Crippen LogP contribution is 2.22. The number of amides is 1. The molecule has 1 aliphatic rings. The zero-order valence-electron chi connectivity index (χ0n) is 11.9. The normalized spacial score (nSPS) is 17.0. The number of hydrogen-bond donors (Lipinski definition) is 2. The van der Waals surface area contributed by atoms with E-state index >= 15 is 0 Å². The number of primary amides is 1. The van der Waals surface area contributed by atoms with Gasteiger partial charge in [-0.25, -0.2) is 4.68 Å². The average molecular weight is 284 g/mol. The third kappa shape index (κ3) is 3.13. The maximum Gasteiger partial charge on any atom is 0.239 e. The lowest BCUT2D eigenvalue weighted by atomic mass is 10.1. The van der Waals surface area contributed by atoms with Crippen molar-refractivity contribution in [1.29, 1.82) is 0 Å². The predicted octanol–water partition coefficient (Wildman–Crippen LogP) is 1.93. The Hall–Kier alpha value is -2.14. The van der Waals surface area contributed by atoms with Crippen LogP contribution in [0.25, 0.3) is 5.69 Å². The third-order valence-corrected chi connectivity index (χ3v) is 4.00. The largest absolute Gasteiger partial charge is 0.368 e. The molecule has 3 N–H and O–H groups in total. The topological polar surface area (TPSA) is 72.9 Å². The van der Waals surface area contributed by atoms with E-state index in [0.717, 1.165) is 24.1 Å². The van der Waals surface area contributed by atoms with E-state index in [4.69, 9.17) is 5.73 Å². The molecule has 110 valence electrons. The minimum Gasteiger partial charge on any atom is -0.368 e. The monoisotopic (exact) mass is 284 g/mol. The fraction of sp³-hybridized carbons (Fsp3) is 0.375. The van der Waals surface area contributed by atoms with Gasteiger partial charge < -0.3 is 5.73 Å². The fourth-order valence-corrected chi connectivity index (χ4v) is 2.88. The van der Waals surface area contributed by atoms with E-state index in [1.807, 2.05) is 36.5 Å². The number of benzene rings is 1. The van der Waals surface area contributed by atoms with Gasteiger partial charge in [-0.3, -0.25) is 10.1 Å². The first-order chi connectivity index (χ1) is 10.2. The van der Waals surface area contributed by atoms with Crippen molar-refractivity contribution in [3.8, 4) is 5.69 Å². The van der Waals surface area contributed by atoms with Gasteiger partial charge in [-0.1, -0.05) is 31.0 Å². The van der Waals surface area contributed by atoms with E-state index in [2.05, 4.69) is 10.4 Å². The molecule has 1 atom stereocenters. The Morgan fingerprint density at radius 1 is 1.29 bits per heavy atom. The van der Waals surface area contributed by atoms with Gasteiger partial charge in [0.2, 0.25) is 5.91 Å². The Kier molecular flexibility index (Phi) is 4.01. The summed E-state index contributed by atoms with van der Waals surface area (Å²) in [6.45, 7) is 0. The summed E-state index contributed by atoms with van der Waals surface area (Å²) in [6.07, 6.45) is 8.23. The van der Waals surface area contributed by atoms with Crippen molar-refractivity contribution in [2.24, 2.45) is 5.73 Å². The van der Waals surface area contributed by atoms with Crippen molar-refractivity contribution < 1.29 is 4.79 Å². The van der Waals surface area contributed by atoms with Crippen molar-refractivity contribution in [3.63, 3.8) is 0 Å². The van der Waals surface area contributed by atoms with Crippen molar-refractivity contribution >= 4 is 5.91 Å². The van der Waals surface area contributed by atoms with E-state index < -0.39 is 6.04 Å². The van der Waals surface area contributed by atoms with E-state index in [1.165, 1.54) is 12.8 Å². The van der Waals surface area contributed by atoms with E-state index in [1.54, 1.807) is 10.9 Å². The number of nitrogens with two attached hydrogens (primary N) is 1. The molecule has 1 aromatic heterocycles. The van der Waals surface area contributed by atoms with Gasteiger partial charge in [0.1, 0.15) is 6.04 Å². The van der Waals surface area contributed by atoms with Crippen LogP contribution in [0, 0.1) is 0 Å². The Morgan fingerprint density at radius 3 is 2.67 bits per heavy atom. The third-order valence-electron chi connectivity index (χ3n) is 4.00. The first kappa shape index (κ1) is 13.8. The van der Waals surface area contributed by atoms with Crippen LogP contribution in [0.2, 0.25) is 0 Å². The van der Waals surface area contributed by atoms with Crippen LogP contribution < -0.4 is 11.1 Å². The average Bonchev–Trinajstić information content (AvgIpc) is 3.17. The van der Waals surface area contributed by atoms with E-state index in [-0.39, 0.29) is 5.91 Å². The molecule has 1 aliphatic carbocycles. The molecule has 1 fully saturated rings. The Bertz CT molecular complexity index is 602. The second-order valence-corrected chi connectivity index (χ2v) is 5.54. The summed E-state index contributed by atoms with van der Waals surface area (Å²) in [5, 5.41) is 7.70. The van der Waals surface area contributed by atoms with Gasteiger partial charge in [0.05, 0.1) is 11.9 Å². The zero-order valence-corrected chi connectivity index (χ0v) is 11.9. The molecule has 0 aliphatic heterocycles. The molecular weight excluding hydrogens is 264 g/mol. The lowest BCUT2D eigenvalue weighted by Crippen LogP contribution is -2.38. The molecule has 0 bridgehead atoms. The van der Waals surface area contributed by atoms with Crippen molar-refractivity contribution in [2.75, 3.05) is 0 Å². The maximum absolute atomic E-state index is 11.8. The minimum atomic E-state index is -0.467. The van der Waals surface area contributed by atoms with Gasteiger partial charge in [-0.05, 0) is 25.0 Å². The predicted molar refractivity (Wildman–Crippen MR) is 80.9 cm³/mol. The standard InChI is InChI=1S/C16H20N4O/c17-16(21)15(19-13-6-4-5-7-13)12-10-18-20(11-12)14-8-2-1-3-9-14/h1-3,8-11,13,15,19H,4-7H2,(H2,17,21). The van der Waals surface area contributed by atoms with Crippen LogP contribution in [0.1, 0.15) is 37.3 Å². The van der Waals surface area contributed by atoms with Crippen LogP contribution in [-0.2, 0) is 4.79 Å². The van der Waals surface area contributed by atoms with Crippen LogP contribution in [0.3, 0.4) is 0 Å². The van der Waals surface area contributed by atoms with Crippen LogP contribution in [0.5, 0.6) is 0 Å². The lowest BCUT2D eigenvalue weighted by molar-refractivity contribution is -0.120. The molecule has 21 heavy (non-hydrogen) atoms. The summed E-state index contributed by atoms with van der Waals surface area (Å²) in [6, 6.07) is 9.73. The lowest BCUT2D eigenvalue weighted by Gasteiger charge is -2.19. The Morgan fingerprint density at radius 2 is 2.00 bits per heavy atom. The summed E-state index contributed by atoms with van der Waals surface area (Å²) in [5.41, 5.74) is 7.34. The van der Waals surface area contributed by atoms with E-state index in [9.17, 15) is 4.79 Å². The number of hydrogen-bond acceptors (Lipinski definition) is 3. The highest BCUT2D eigenvalue weighted by molar-refractivity contribution is 5.81. The van der Waals surface area contributed by atoms with Crippen LogP contribution in [0.4, 0.5) is 0 Å². The minimum absolute atomic E-state index is 0.352. The molecule has 1 heterocycles. The van der Waals surface area contributed by atoms with Crippen LogP contribution in [-0.4, -0.2) is 21.7 Å². The van der Waals surface area contributed by atoms with Crippen molar-refractivity contribution in [1.82, 2.24) is 15.1 Å². The van der Waals surface area contributed by atoms with Gasteiger partial charge in [0.15, 0.2) is 0 Å². The number of nitrogens with one attached hydrogen (secondary N) is 1. The van der Waals surface area contributed by atoms with Gasteiger partial charge in [-0.2, -0.15) is 5.10 Å².